The zero-order valence-corrected chi connectivity index (χ0v) is 34.0. The minimum atomic E-state index is 1.09. The van der Waals surface area contributed by atoms with Crippen molar-refractivity contribution in [3.63, 3.8) is 0 Å². The van der Waals surface area contributed by atoms with Crippen molar-refractivity contribution in [2.45, 2.75) is 0 Å². The molecule has 2 heteroatoms. The molecule has 1 heterocycles. The van der Waals surface area contributed by atoms with Gasteiger partial charge < -0.3 is 9.47 Å². The molecule has 0 amide bonds. The number of aromatic nitrogens is 1. The second-order valence-corrected chi connectivity index (χ2v) is 16.1. The van der Waals surface area contributed by atoms with E-state index in [1.54, 1.807) is 0 Å². The van der Waals surface area contributed by atoms with Gasteiger partial charge >= 0.3 is 0 Å². The van der Waals surface area contributed by atoms with E-state index in [2.05, 4.69) is 252 Å². The van der Waals surface area contributed by atoms with Gasteiger partial charge in [0.2, 0.25) is 0 Å². The van der Waals surface area contributed by atoms with Crippen LogP contribution in [0.3, 0.4) is 0 Å². The summed E-state index contributed by atoms with van der Waals surface area (Å²) in [6, 6.07) is 88.5. The third kappa shape index (κ3) is 6.04. The topological polar surface area (TPSA) is 8.17 Å². The molecule has 0 radical (unpaired) electrons. The zero-order valence-electron chi connectivity index (χ0n) is 34.0. The Morgan fingerprint density at radius 1 is 0.274 bits per heavy atom. The molecule has 0 atom stereocenters. The van der Waals surface area contributed by atoms with Crippen LogP contribution in [0, 0.1) is 0 Å². The highest BCUT2D eigenvalue weighted by Crippen LogP contribution is 2.45. The van der Waals surface area contributed by atoms with Crippen molar-refractivity contribution >= 4 is 71.2 Å². The number of benzene rings is 11. The highest BCUT2D eigenvalue weighted by Gasteiger charge is 2.21. The normalized spacial score (nSPS) is 11.5. The van der Waals surface area contributed by atoms with Gasteiger partial charge in [-0.2, -0.15) is 0 Å². The van der Waals surface area contributed by atoms with E-state index < -0.39 is 0 Å². The van der Waals surface area contributed by atoms with Gasteiger partial charge in [-0.3, -0.25) is 0 Å². The van der Waals surface area contributed by atoms with Crippen molar-refractivity contribution in [2.24, 2.45) is 0 Å². The van der Waals surface area contributed by atoms with Crippen LogP contribution < -0.4 is 4.90 Å². The fourth-order valence-corrected chi connectivity index (χ4v) is 9.65. The summed E-state index contributed by atoms with van der Waals surface area (Å²) in [7, 11) is 0. The first-order chi connectivity index (χ1) is 30.7. The molecule has 0 spiro atoms. The molecule has 0 bridgehead atoms. The Bertz CT molecular complexity index is 3620. The van der Waals surface area contributed by atoms with Gasteiger partial charge in [0.25, 0.3) is 0 Å². The van der Waals surface area contributed by atoms with Crippen LogP contribution >= 0.6 is 0 Å². The average molecular weight is 789 g/mol. The van der Waals surface area contributed by atoms with Crippen LogP contribution in [0.15, 0.2) is 243 Å². The number of anilines is 3. The molecular weight excluding hydrogens is 749 g/mol. The molecule has 0 aliphatic heterocycles. The van der Waals surface area contributed by atoms with Gasteiger partial charge in [0, 0.05) is 33.5 Å². The highest BCUT2D eigenvalue weighted by atomic mass is 15.1. The lowest BCUT2D eigenvalue weighted by atomic mass is 9.92. The lowest BCUT2D eigenvalue weighted by Gasteiger charge is -2.27. The predicted octanol–water partition coefficient (Wildman–Crippen LogP) is 16.7. The van der Waals surface area contributed by atoms with Gasteiger partial charge in [-0.1, -0.05) is 176 Å². The molecule has 11 aromatic carbocycles. The molecule has 0 fully saturated rings. The fourth-order valence-electron chi connectivity index (χ4n) is 9.65. The Hall–Kier alpha value is -8.20. The van der Waals surface area contributed by atoms with Crippen molar-refractivity contribution in [2.75, 3.05) is 4.90 Å². The van der Waals surface area contributed by atoms with Gasteiger partial charge in [-0.15, -0.1) is 0 Å². The molecule has 62 heavy (non-hydrogen) atoms. The summed E-state index contributed by atoms with van der Waals surface area (Å²) >= 11 is 0. The van der Waals surface area contributed by atoms with Crippen LogP contribution in [0.1, 0.15) is 0 Å². The van der Waals surface area contributed by atoms with Crippen molar-refractivity contribution < 1.29 is 0 Å². The number of fused-ring (bicyclic) bond motifs is 7. The molecule has 12 aromatic rings. The summed E-state index contributed by atoms with van der Waals surface area (Å²) in [5, 5.41) is 9.92. The van der Waals surface area contributed by atoms with E-state index in [4.69, 9.17) is 0 Å². The van der Waals surface area contributed by atoms with Crippen LogP contribution in [-0.4, -0.2) is 4.57 Å². The Balaban J connectivity index is 1.06. The summed E-state index contributed by atoms with van der Waals surface area (Å²) in [5.74, 6) is 0. The van der Waals surface area contributed by atoms with Gasteiger partial charge in [0.15, 0.2) is 0 Å². The van der Waals surface area contributed by atoms with Gasteiger partial charge in [0.05, 0.1) is 11.0 Å². The third-order valence-corrected chi connectivity index (χ3v) is 12.5. The molecule has 0 unspecified atom stereocenters. The fraction of sp³-hybridized carbons (Fsp3) is 0. The van der Waals surface area contributed by atoms with Crippen molar-refractivity contribution in [3.05, 3.63) is 243 Å². The largest absolute Gasteiger partial charge is 0.310 e. The van der Waals surface area contributed by atoms with E-state index in [9.17, 15) is 0 Å². The molecule has 1 aromatic heterocycles. The molecule has 2 nitrogen and oxygen atoms in total. The number of hydrogen-bond acceptors (Lipinski definition) is 1. The standard InChI is InChI=1S/C60H40N2/c1-3-15-41(16-4-1)44-19-13-20-45(37-44)42-31-33-50(34-32-42)61(52-35-36-54-47(38-52)30-29-43-17-7-9-25-53(43)54)51-24-14-21-48(39-51)59-55-26-10-8-18-46(55)40-58-60(59)56-27-11-12-28-57(56)62(58)49-22-5-2-6-23-49/h1-40H. The van der Waals surface area contributed by atoms with E-state index in [1.807, 2.05) is 0 Å². The van der Waals surface area contributed by atoms with Crippen molar-refractivity contribution in [1.29, 1.82) is 0 Å². The molecular formula is C60H40N2. The van der Waals surface area contributed by atoms with Crippen LogP contribution in [0.25, 0.3) is 93.2 Å². The number of nitrogens with zero attached hydrogens (tertiary/aromatic N) is 2. The Morgan fingerprint density at radius 3 is 1.63 bits per heavy atom. The predicted molar refractivity (Wildman–Crippen MR) is 264 cm³/mol. The molecule has 0 N–H and O–H groups in total. The minimum absolute atomic E-state index is 1.09. The Kier molecular flexibility index (Phi) is 8.53. The first-order valence-electron chi connectivity index (χ1n) is 21.3. The average Bonchev–Trinajstić information content (AvgIpc) is 3.67. The van der Waals surface area contributed by atoms with Gasteiger partial charge in [-0.25, -0.2) is 0 Å². The zero-order chi connectivity index (χ0) is 41.0. The van der Waals surface area contributed by atoms with E-state index in [0.717, 1.165) is 22.7 Å². The Labute approximate surface area is 360 Å². The monoisotopic (exact) mass is 788 g/mol. The van der Waals surface area contributed by atoms with E-state index in [0.29, 0.717) is 0 Å². The van der Waals surface area contributed by atoms with E-state index >= 15 is 0 Å². The van der Waals surface area contributed by atoms with Crippen LogP contribution in [0.4, 0.5) is 17.1 Å². The van der Waals surface area contributed by atoms with E-state index in [-0.39, 0.29) is 0 Å². The second-order valence-electron chi connectivity index (χ2n) is 16.1. The summed E-state index contributed by atoms with van der Waals surface area (Å²) < 4.78 is 2.42. The van der Waals surface area contributed by atoms with Crippen LogP contribution in [0.2, 0.25) is 0 Å². The number of hydrogen-bond donors (Lipinski definition) is 0. The SMILES string of the molecule is c1ccc(-c2cccc(-c3ccc(N(c4cccc(-c5c6ccccc6cc6c5c5ccccc5n6-c5ccccc5)c4)c4ccc5c(ccc6ccccc65)c4)cc3)c2)cc1. The quantitative estimate of drug-likeness (QED) is 0.146. The van der Waals surface area contributed by atoms with Crippen molar-refractivity contribution in [3.8, 4) is 39.1 Å². The van der Waals surface area contributed by atoms with Crippen LogP contribution in [-0.2, 0) is 0 Å². The first-order valence-corrected chi connectivity index (χ1v) is 21.3. The smallest absolute Gasteiger partial charge is 0.0553 e. The summed E-state index contributed by atoms with van der Waals surface area (Å²) in [5.41, 5.74) is 14.0. The van der Waals surface area contributed by atoms with Crippen LogP contribution in [0.5, 0.6) is 0 Å². The molecule has 290 valence electrons. The second kappa shape index (κ2) is 14.8. The Morgan fingerprint density at radius 2 is 0.823 bits per heavy atom. The lowest BCUT2D eigenvalue weighted by Crippen LogP contribution is -2.10. The number of para-hydroxylation sites is 2. The lowest BCUT2D eigenvalue weighted by molar-refractivity contribution is 1.18. The summed E-state index contributed by atoms with van der Waals surface area (Å²) in [6.07, 6.45) is 0. The van der Waals surface area contributed by atoms with E-state index in [1.165, 1.54) is 87.5 Å². The third-order valence-electron chi connectivity index (χ3n) is 12.5. The molecule has 0 saturated carbocycles. The number of rotatable bonds is 7. The molecule has 0 saturated heterocycles. The van der Waals surface area contributed by atoms with Gasteiger partial charge in [-0.05, 0) is 132 Å². The highest BCUT2D eigenvalue weighted by molar-refractivity contribution is 6.23. The van der Waals surface area contributed by atoms with Gasteiger partial charge in [0.1, 0.15) is 0 Å². The maximum absolute atomic E-state index is 2.42. The maximum atomic E-state index is 2.42. The summed E-state index contributed by atoms with van der Waals surface area (Å²) in [4.78, 5) is 2.41. The summed E-state index contributed by atoms with van der Waals surface area (Å²) in [6.45, 7) is 0. The molecule has 0 aliphatic rings. The first kappa shape index (κ1) is 35.7. The van der Waals surface area contributed by atoms with Crippen molar-refractivity contribution in [1.82, 2.24) is 4.57 Å². The minimum Gasteiger partial charge on any atom is -0.310 e. The molecule has 12 rings (SSSR count). The maximum Gasteiger partial charge on any atom is 0.0553 e. The molecule has 0 aliphatic carbocycles.